The summed E-state index contributed by atoms with van der Waals surface area (Å²) >= 11 is 0. The van der Waals surface area contributed by atoms with E-state index in [4.69, 9.17) is 0 Å². The van der Waals surface area contributed by atoms with Crippen LogP contribution in [0.15, 0.2) is 0 Å². The summed E-state index contributed by atoms with van der Waals surface area (Å²) in [6.45, 7) is 5.69. The minimum absolute atomic E-state index is 0.0463. The molecule has 0 atom stereocenters. The average Bonchev–Trinajstić information content (AvgIpc) is 2.44. The molecule has 8 nitrogen and oxygen atoms in total. The standard InChI is InChI=1S/C13H25N5O3/c1-11(19)15-3-4-16-12(20)9-17(2)10-13(21)18-7-5-14-6-8-18/h14H,3-10H2,1-2H3,(H,15,19)(H,16,20). The van der Waals surface area contributed by atoms with E-state index < -0.39 is 0 Å². The Bertz CT molecular complexity index is 369. The Balaban J connectivity index is 2.16. The molecule has 1 rings (SSSR count). The van der Waals surface area contributed by atoms with Gasteiger partial charge in [0.25, 0.3) is 0 Å². The maximum Gasteiger partial charge on any atom is 0.236 e. The van der Waals surface area contributed by atoms with Crippen molar-refractivity contribution in [3.63, 3.8) is 0 Å². The van der Waals surface area contributed by atoms with Gasteiger partial charge in [0.1, 0.15) is 0 Å². The lowest BCUT2D eigenvalue weighted by Gasteiger charge is -2.29. The van der Waals surface area contributed by atoms with Gasteiger partial charge in [0.05, 0.1) is 13.1 Å². The lowest BCUT2D eigenvalue weighted by atomic mass is 10.3. The zero-order valence-electron chi connectivity index (χ0n) is 12.8. The summed E-state index contributed by atoms with van der Waals surface area (Å²) in [6.07, 6.45) is 0. The monoisotopic (exact) mass is 299 g/mol. The van der Waals surface area contributed by atoms with Gasteiger partial charge in [0.2, 0.25) is 17.7 Å². The third-order valence-corrected chi connectivity index (χ3v) is 3.11. The fraction of sp³-hybridized carbons (Fsp3) is 0.769. The normalized spacial score (nSPS) is 14.9. The number of amides is 3. The summed E-state index contributed by atoms with van der Waals surface area (Å²) in [5.41, 5.74) is 0. The van der Waals surface area contributed by atoms with E-state index >= 15 is 0 Å². The van der Waals surface area contributed by atoms with Crippen LogP contribution in [0.5, 0.6) is 0 Å². The van der Waals surface area contributed by atoms with Gasteiger partial charge in [-0.3, -0.25) is 19.3 Å². The summed E-state index contributed by atoms with van der Waals surface area (Å²) in [5, 5.41) is 8.48. The first-order valence-electron chi connectivity index (χ1n) is 7.17. The molecule has 21 heavy (non-hydrogen) atoms. The van der Waals surface area contributed by atoms with Crippen molar-refractivity contribution < 1.29 is 14.4 Å². The van der Waals surface area contributed by atoms with Crippen molar-refractivity contribution in [1.82, 2.24) is 25.8 Å². The van der Waals surface area contributed by atoms with Gasteiger partial charge < -0.3 is 20.9 Å². The second kappa shape index (κ2) is 9.30. The lowest BCUT2D eigenvalue weighted by Crippen LogP contribution is -2.50. The molecule has 0 aliphatic carbocycles. The van der Waals surface area contributed by atoms with Crippen molar-refractivity contribution in [2.75, 3.05) is 59.4 Å². The molecule has 1 fully saturated rings. The van der Waals surface area contributed by atoms with Crippen LogP contribution in [0.3, 0.4) is 0 Å². The van der Waals surface area contributed by atoms with Gasteiger partial charge in [-0.15, -0.1) is 0 Å². The van der Waals surface area contributed by atoms with E-state index in [-0.39, 0.29) is 30.8 Å². The van der Waals surface area contributed by atoms with E-state index in [1.807, 2.05) is 4.90 Å². The van der Waals surface area contributed by atoms with Gasteiger partial charge in [-0.05, 0) is 7.05 Å². The number of nitrogens with one attached hydrogen (secondary N) is 3. The highest BCUT2D eigenvalue weighted by Gasteiger charge is 2.18. The Morgan fingerprint density at radius 2 is 1.71 bits per heavy atom. The van der Waals surface area contributed by atoms with Crippen molar-refractivity contribution in [3.8, 4) is 0 Å². The van der Waals surface area contributed by atoms with Gasteiger partial charge in [0, 0.05) is 46.2 Å². The van der Waals surface area contributed by atoms with E-state index in [0.717, 1.165) is 26.2 Å². The first kappa shape index (κ1) is 17.4. The van der Waals surface area contributed by atoms with Crippen molar-refractivity contribution in [3.05, 3.63) is 0 Å². The maximum absolute atomic E-state index is 12.0. The van der Waals surface area contributed by atoms with Gasteiger partial charge in [-0.1, -0.05) is 0 Å². The van der Waals surface area contributed by atoms with Gasteiger partial charge in [0.15, 0.2) is 0 Å². The zero-order chi connectivity index (χ0) is 15.7. The van der Waals surface area contributed by atoms with Crippen molar-refractivity contribution in [1.29, 1.82) is 0 Å². The Hall–Kier alpha value is -1.67. The molecular formula is C13H25N5O3. The maximum atomic E-state index is 12.0. The predicted octanol–water partition coefficient (Wildman–Crippen LogP) is -2.40. The van der Waals surface area contributed by atoms with E-state index in [0.29, 0.717) is 13.1 Å². The fourth-order valence-corrected chi connectivity index (χ4v) is 2.04. The number of hydrogen-bond acceptors (Lipinski definition) is 5. The summed E-state index contributed by atoms with van der Waals surface area (Å²) < 4.78 is 0. The Labute approximate surface area is 125 Å². The largest absolute Gasteiger partial charge is 0.355 e. The summed E-state index contributed by atoms with van der Waals surface area (Å²) in [5.74, 6) is -0.232. The van der Waals surface area contributed by atoms with E-state index in [1.54, 1.807) is 11.9 Å². The molecule has 0 saturated carbocycles. The van der Waals surface area contributed by atoms with Gasteiger partial charge in [-0.25, -0.2) is 0 Å². The van der Waals surface area contributed by atoms with Gasteiger partial charge in [-0.2, -0.15) is 0 Å². The minimum atomic E-state index is -0.157. The minimum Gasteiger partial charge on any atom is -0.355 e. The number of piperazine rings is 1. The molecule has 1 saturated heterocycles. The van der Waals surface area contributed by atoms with E-state index in [9.17, 15) is 14.4 Å². The van der Waals surface area contributed by atoms with Crippen LogP contribution in [-0.2, 0) is 14.4 Å². The number of hydrogen-bond donors (Lipinski definition) is 3. The van der Waals surface area contributed by atoms with Crippen molar-refractivity contribution in [2.45, 2.75) is 6.92 Å². The second-order valence-electron chi connectivity index (χ2n) is 5.14. The molecule has 0 aromatic carbocycles. The van der Waals surface area contributed by atoms with Crippen LogP contribution < -0.4 is 16.0 Å². The molecule has 0 aromatic rings. The topological polar surface area (TPSA) is 93.8 Å². The Morgan fingerprint density at radius 3 is 2.33 bits per heavy atom. The number of nitrogens with zero attached hydrogens (tertiary/aromatic N) is 2. The molecular weight excluding hydrogens is 274 g/mol. The van der Waals surface area contributed by atoms with Crippen LogP contribution in [0, 0.1) is 0 Å². The second-order valence-corrected chi connectivity index (χ2v) is 5.14. The quantitative estimate of drug-likeness (QED) is 0.456. The molecule has 120 valence electrons. The van der Waals surface area contributed by atoms with Crippen LogP contribution >= 0.6 is 0 Å². The first-order chi connectivity index (χ1) is 9.99. The summed E-state index contributed by atoms with van der Waals surface area (Å²) in [4.78, 5) is 37.8. The Morgan fingerprint density at radius 1 is 1.10 bits per heavy atom. The van der Waals surface area contributed by atoms with Crippen LogP contribution in [0.2, 0.25) is 0 Å². The van der Waals surface area contributed by atoms with Crippen LogP contribution in [0.25, 0.3) is 0 Å². The Kier molecular flexibility index (Phi) is 7.70. The van der Waals surface area contributed by atoms with E-state index in [2.05, 4.69) is 16.0 Å². The smallest absolute Gasteiger partial charge is 0.236 e. The number of carbonyl (C=O) groups is 3. The summed E-state index contributed by atoms with van der Waals surface area (Å²) in [7, 11) is 1.74. The molecule has 8 heteroatoms. The molecule has 3 amide bonds. The highest BCUT2D eigenvalue weighted by molar-refractivity contribution is 5.81. The molecule has 1 heterocycles. The summed E-state index contributed by atoms with van der Waals surface area (Å²) in [6, 6.07) is 0. The molecule has 0 bridgehead atoms. The first-order valence-corrected chi connectivity index (χ1v) is 7.17. The molecule has 1 aliphatic rings. The molecule has 0 spiro atoms. The number of carbonyl (C=O) groups excluding carboxylic acids is 3. The number of rotatable bonds is 7. The third kappa shape index (κ3) is 7.62. The molecule has 0 radical (unpaired) electrons. The van der Waals surface area contributed by atoms with Crippen molar-refractivity contribution >= 4 is 17.7 Å². The average molecular weight is 299 g/mol. The fourth-order valence-electron chi connectivity index (χ4n) is 2.04. The molecule has 0 aromatic heterocycles. The van der Waals surface area contributed by atoms with Crippen LogP contribution in [0.1, 0.15) is 6.92 Å². The molecule has 0 unspecified atom stereocenters. The van der Waals surface area contributed by atoms with E-state index in [1.165, 1.54) is 6.92 Å². The zero-order valence-corrected chi connectivity index (χ0v) is 12.8. The third-order valence-electron chi connectivity index (χ3n) is 3.11. The lowest BCUT2D eigenvalue weighted by molar-refractivity contribution is -0.133. The highest BCUT2D eigenvalue weighted by Crippen LogP contribution is 1.95. The van der Waals surface area contributed by atoms with Crippen LogP contribution in [0.4, 0.5) is 0 Å². The predicted molar refractivity (Wildman–Crippen MR) is 78.6 cm³/mol. The molecule has 1 aliphatic heterocycles. The van der Waals surface area contributed by atoms with Crippen molar-refractivity contribution in [2.24, 2.45) is 0 Å². The number of likely N-dealkylation sites (N-methyl/N-ethyl adjacent to an activating group) is 1. The molecule has 3 N–H and O–H groups in total. The van der Waals surface area contributed by atoms with Gasteiger partial charge >= 0.3 is 0 Å². The highest BCUT2D eigenvalue weighted by atomic mass is 16.2. The SMILES string of the molecule is CC(=O)NCCNC(=O)CN(C)CC(=O)N1CCNCC1. The van der Waals surface area contributed by atoms with Crippen LogP contribution in [-0.4, -0.2) is 86.9 Å².